The normalized spacial score (nSPS) is 12.6. The molecule has 0 saturated carbocycles. The molecule has 0 aliphatic rings. The molecule has 31 heavy (non-hydrogen) atoms. The van der Waals surface area contributed by atoms with Crippen LogP contribution in [0.1, 0.15) is 54.0 Å². The van der Waals surface area contributed by atoms with Gasteiger partial charge in [0.2, 0.25) is 5.95 Å². The molecule has 0 aliphatic heterocycles. The minimum Gasteiger partial charge on any atom is -0.383 e. The Balaban J connectivity index is 1.96. The Morgan fingerprint density at radius 1 is 1.16 bits per heavy atom. The fourth-order valence-corrected chi connectivity index (χ4v) is 3.23. The SMILES string of the molecule is COCC(C)NC(=O)c1cn(C(C)(C)C)c2nc(NC(=O)c3ccc(C)cc3)ncc12. The first kappa shape index (κ1) is 22.4. The van der Waals surface area contributed by atoms with E-state index in [0.29, 0.717) is 28.8 Å². The molecule has 8 heteroatoms. The molecule has 0 fully saturated rings. The summed E-state index contributed by atoms with van der Waals surface area (Å²) < 4.78 is 7.02. The van der Waals surface area contributed by atoms with Crippen molar-refractivity contribution in [2.24, 2.45) is 0 Å². The molecule has 1 unspecified atom stereocenters. The van der Waals surface area contributed by atoms with Crippen LogP contribution in [0, 0.1) is 6.92 Å². The molecule has 3 rings (SSSR count). The maximum atomic E-state index is 12.9. The van der Waals surface area contributed by atoms with Gasteiger partial charge in [-0.05, 0) is 46.8 Å². The van der Waals surface area contributed by atoms with E-state index in [9.17, 15) is 9.59 Å². The lowest BCUT2D eigenvalue weighted by Gasteiger charge is -2.22. The van der Waals surface area contributed by atoms with Crippen molar-refractivity contribution < 1.29 is 14.3 Å². The van der Waals surface area contributed by atoms with Crippen molar-refractivity contribution >= 4 is 28.8 Å². The van der Waals surface area contributed by atoms with E-state index in [1.807, 2.05) is 51.3 Å². The first-order valence-corrected chi connectivity index (χ1v) is 10.2. The van der Waals surface area contributed by atoms with E-state index in [4.69, 9.17) is 4.74 Å². The molecule has 0 radical (unpaired) electrons. The number of amides is 2. The number of nitrogens with one attached hydrogen (secondary N) is 2. The largest absolute Gasteiger partial charge is 0.383 e. The van der Waals surface area contributed by atoms with E-state index in [-0.39, 0.29) is 29.3 Å². The minimum absolute atomic E-state index is 0.139. The number of carbonyl (C=O) groups excluding carboxylic acids is 2. The topological polar surface area (TPSA) is 98.1 Å². The maximum absolute atomic E-state index is 12.9. The monoisotopic (exact) mass is 423 g/mol. The van der Waals surface area contributed by atoms with Crippen LogP contribution in [0.25, 0.3) is 11.0 Å². The Hall–Kier alpha value is -3.26. The number of methoxy groups -OCH3 is 1. The van der Waals surface area contributed by atoms with E-state index >= 15 is 0 Å². The maximum Gasteiger partial charge on any atom is 0.258 e. The van der Waals surface area contributed by atoms with Gasteiger partial charge >= 0.3 is 0 Å². The quantitative estimate of drug-likeness (QED) is 0.632. The number of carbonyl (C=O) groups is 2. The number of rotatable bonds is 6. The number of anilines is 1. The second-order valence-corrected chi connectivity index (χ2v) is 8.66. The first-order valence-electron chi connectivity index (χ1n) is 10.2. The summed E-state index contributed by atoms with van der Waals surface area (Å²) in [7, 11) is 1.59. The van der Waals surface area contributed by atoms with Gasteiger partial charge in [-0.2, -0.15) is 4.98 Å². The zero-order valence-electron chi connectivity index (χ0n) is 18.8. The lowest BCUT2D eigenvalue weighted by Crippen LogP contribution is -2.35. The fraction of sp³-hybridized carbons (Fsp3) is 0.391. The van der Waals surface area contributed by atoms with Crippen LogP contribution in [0.3, 0.4) is 0 Å². The van der Waals surface area contributed by atoms with Crippen molar-refractivity contribution in [3.63, 3.8) is 0 Å². The van der Waals surface area contributed by atoms with Gasteiger partial charge in [-0.1, -0.05) is 17.7 Å². The van der Waals surface area contributed by atoms with Crippen LogP contribution in [-0.4, -0.2) is 46.1 Å². The van der Waals surface area contributed by atoms with Gasteiger partial charge in [0.15, 0.2) is 0 Å². The van der Waals surface area contributed by atoms with Crippen molar-refractivity contribution in [2.75, 3.05) is 19.0 Å². The van der Waals surface area contributed by atoms with E-state index in [1.54, 1.807) is 31.6 Å². The standard InChI is InChI=1S/C23H29N5O3/c1-14-7-9-16(10-8-14)20(29)27-22-24-11-17-18(21(30)25-15(2)13-31-6)12-28(19(17)26-22)23(3,4)5/h7-12,15H,13H2,1-6H3,(H,25,30)(H,24,26,27,29). The van der Waals surface area contributed by atoms with Gasteiger partial charge in [0, 0.05) is 36.6 Å². The summed E-state index contributed by atoms with van der Waals surface area (Å²) >= 11 is 0. The number of hydrogen-bond acceptors (Lipinski definition) is 5. The lowest BCUT2D eigenvalue weighted by atomic mass is 10.1. The predicted octanol–water partition coefficient (Wildman–Crippen LogP) is 3.51. The average Bonchev–Trinajstić information content (AvgIpc) is 3.08. The molecule has 0 saturated heterocycles. The van der Waals surface area contributed by atoms with Crippen LogP contribution in [0.4, 0.5) is 5.95 Å². The van der Waals surface area contributed by atoms with Crippen molar-refractivity contribution in [3.05, 3.63) is 53.3 Å². The highest BCUT2D eigenvalue weighted by Gasteiger charge is 2.24. The van der Waals surface area contributed by atoms with Gasteiger partial charge < -0.3 is 14.6 Å². The van der Waals surface area contributed by atoms with Gasteiger partial charge in [-0.3, -0.25) is 14.9 Å². The molecule has 1 atom stereocenters. The van der Waals surface area contributed by atoms with Gasteiger partial charge in [-0.15, -0.1) is 0 Å². The molecule has 8 nitrogen and oxygen atoms in total. The van der Waals surface area contributed by atoms with Crippen LogP contribution in [-0.2, 0) is 10.3 Å². The highest BCUT2D eigenvalue weighted by atomic mass is 16.5. The van der Waals surface area contributed by atoms with Gasteiger partial charge in [0.05, 0.1) is 17.6 Å². The van der Waals surface area contributed by atoms with Gasteiger partial charge in [-0.25, -0.2) is 4.98 Å². The van der Waals surface area contributed by atoms with Crippen LogP contribution in [0.5, 0.6) is 0 Å². The molecule has 164 valence electrons. The molecule has 2 N–H and O–H groups in total. The van der Waals surface area contributed by atoms with E-state index in [2.05, 4.69) is 20.6 Å². The molecule has 2 heterocycles. The smallest absolute Gasteiger partial charge is 0.258 e. The Morgan fingerprint density at radius 3 is 2.45 bits per heavy atom. The second kappa shape index (κ2) is 8.85. The predicted molar refractivity (Wildman–Crippen MR) is 120 cm³/mol. The number of fused-ring (bicyclic) bond motifs is 1. The molecular weight excluding hydrogens is 394 g/mol. The summed E-state index contributed by atoms with van der Waals surface area (Å²) in [6.45, 7) is 10.3. The van der Waals surface area contributed by atoms with Crippen LogP contribution in [0.2, 0.25) is 0 Å². The van der Waals surface area contributed by atoms with Crippen molar-refractivity contribution in [1.82, 2.24) is 19.9 Å². The Labute approximate surface area is 182 Å². The Morgan fingerprint density at radius 2 is 1.84 bits per heavy atom. The molecular formula is C23H29N5O3. The van der Waals surface area contributed by atoms with E-state index < -0.39 is 0 Å². The zero-order chi connectivity index (χ0) is 22.8. The molecule has 0 spiro atoms. The molecule has 2 aromatic heterocycles. The number of aryl methyl sites for hydroxylation is 1. The van der Waals surface area contributed by atoms with Crippen LogP contribution in [0.15, 0.2) is 36.7 Å². The number of ether oxygens (including phenoxy) is 1. The zero-order valence-corrected chi connectivity index (χ0v) is 18.8. The summed E-state index contributed by atoms with van der Waals surface area (Å²) in [6.07, 6.45) is 3.35. The summed E-state index contributed by atoms with van der Waals surface area (Å²) in [5, 5.41) is 6.28. The second-order valence-electron chi connectivity index (χ2n) is 8.66. The molecule has 0 bridgehead atoms. The van der Waals surface area contributed by atoms with Crippen molar-refractivity contribution in [2.45, 2.75) is 46.2 Å². The molecule has 2 amide bonds. The minimum atomic E-state index is -0.332. The third kappa shape index (κ3) is 5.08. The summed E-state index contributed by atoms with van der Waals surface area (Å²) in [5.74, 6) is -0.335. The van der Waals surface area contributed by atoms with Crippen molar-refractivity contribution in [3.8, 4) is 0 Å². The van der Waals surface area contributed by atoms with Gasteiger partial charge in [0.1, 0.15) is 5.65 Å². The number of aromatic nitrogens is 3. The van der Waals surface area contributed by atoms with Crippen LogP contribution < -0.4 is 10.6 Å². The third-order valence-electron chi connectivity index (χ3n) is 4.85. The number of hydrogen-bond donors (Lipinski definition) is 2. The van der Waals surface area contributed by atoms with Crippen LogP contribution >= 0.6 is 0 Å². The summed E-state index contributed by atoms with van der Waals surface area (Å²) in [4.78, 5) is 34.3. The highest BCUT2D eigenvalue weighted by molar-refractivity contribution is 6.07. The molecule has 3 aromatic rings. The third-order valence-corrected chi connectivity index (χ3v) is 4.85. The first-order chi connectivity index (χ1) is 14.6. The van der Waals surface area contributed by atoms with Gasteiger partial charge in [0.25, 0.3) is 11.8 Å². The lowest BCUT2D eigenvalue weighted by molar-refractivity contribution is 0.0906. The number of benzene rings is 1. The number of nitrogens with zero attached hydrogens (tertiary/aromatic N) is 3. The summed E-state index contributed by atoms with van der Waals surface area (Å²) in [5.41, 5.74) is 2.31. The highest BCUT2D eigenvalue weighted by Crippen LogP contribution is 2.27. The van der Waals surface area contributed by atoms with E-state index in [0.717, 1.165) is 5.56 Å². The fourth-order valence-electron chi connectivity index (χ4n) is 3.23. The molecule has 1 aromatic carbocycles. The summed E-state index contributed by atoms with van der Waals surface area (Å²) in [6, 6.07) is 7.12. The molecule has 0 aliphatic carbocycles. The van der Waals surface area contributed by atoms with Crippen molar-refractivity contribution in [1.29, 1.82) is 0 Å². The average molecular weight is 424 g/mol. The van der Waals surface area contributed by atoms with E-state index in [1.165, 1.54) is 0 Å². The Kier molecular flexibility index (Phi) is 6.40. The Bertz CT molecular complexity index is 1100.